The standard InChI is InChI=1S/C26H36N4O5/c1-4-19-15-20(10-9-18(19)3)27-23-16-24(32)28-26(34)30(23)13-8-6-7-12-29-14-11-22(31)21(17-29)25(33)35-5-2/h9-10,15-16,21,27H,4-8,11-14,17H2,1-3H3,(H,28,32,34). The third kappa shape index (κ3) is 7.14. The average molecular weight is 485 g/mol. The van der Waals surface area contributed by atoms with Crippen LogP contribution in [0.25, 0.3) is 0 Å². The quantitative estimate of drug-likeness (QED) is 0.286. The fourth-order valence-electron chi connectivity index (χ4n) is 4.45. The number of esters is 1. The van der Waals surface area contributed by atoms with Crippen LogP contribution >= 0.6 is 0 Å². The first-order chi connectivity index (χ1) is 16.8. The van der Waals surface area contributed by atoms with Crippen molar-refractivity contribution in [2.45, 2.75) is 59.4 Å². The fraction of sp³-hybridized carbons (Fsp3) is 0.538. The first kappa shape index (κ1) is 26.4. The number of nitrogens with one attached hydrogen (secondary N) is 2. The number of rotatable bonds is 11. The van der Waals surface area contributed by atoms with Crippen molar-refractivity contribution in [1.29, 1.82) is 0 Å². The number of aromatic amines is 1. The zero-order valence-electron chi connectivity index (χ0n) is 20.9. The molecule has 2 heterocycles. The summed E-state index contributed by atoms with van der Waals surface area (Å²) in [5.41, 5.74) is 2.37. The van der Waals surface area contributed by atoms with Gasteiger partial charge in [0, 0.05) is 37.8 Å². The number of ether oxygens (including phenoxy) is 1. The van der Waals surface area contributed by atoms with E-state index in [1.54, 1.807) is 11.5 Å². The van der Waals surface area contributed by atoms with Crippen LogP contribution in [0, 0.1) is 12.8 Å². The number of aryl methyl sites for hydroxylation is 2. The number of hydrogen-bond acceptors (Lipinski definition) is 7. The predicted molar refractivity (Wildman–Crippen MR) is 135 cm³/mol. The molecule has 1 aliphatic heterocycles. The number of nitrogens with zero attached hydrogens (tertiary/aromatic N) is 2. The Morgan fingerprint density at radius 3 is 2.63 bits per heavy atom. The van der Waals surface area contributed by atoms with Crippen molar-refractivity contribution in [1.82, 2.24) is 14.5 Å². The van der Waals surface area contributed by atoms with Crippen LogP contribution in [-0.4, -0.2) is 52.4 Å². The highest BCUT2D eigenvalue weighted by atomic mass is 16.5. The van der Waals surface area contributed by atoms with Gasteiger partial charge in [0.2, 0.25) is 0 Å². The van der Waals surface area contributed by atoms with Crippen LogP contribution in [0.1, 0.15) is 50.7 Å². The molecule has 2 N–H and O–H groups in total. The largest absolute Gasteiger partial charge is 0.465 e. The molecule has 0 bridgehead atoms. The minimum Gasteiger partial charge on any atom is -0.465 e. The highest BCUT2D eigenvalue weighted by molar-refractivity contribution is 5.99. The van der Waals surface area contributed by atoms with Crippen molar-refractivity contribution in [2.75, 3.05) is 31.6 Å². The molecule has 3 rings (SSSR count). The summed E-state index contributed by atoms with van der Waals surface area (Å²) < 4.78 is 6.59. The summed E-state index contributed by atoms with van der Waals surface area (Å²) in [6.07, 6.45) is 3.76. The highest BCUT2D eigenvalue weighted by Crippen LogP contribution is 2.20. The van der Waals surface area contributed by atoms with Gasteiger partial charge in [0.25, 0.3) is 5.56 Å². The van der Waals surface area contributed by atoms with Crippen LogP contribution in [0.5, 0.6) is 0 Å². The number of hydrogen-bond donors (Lipinski definition) is 2. The van der Waals surface area contributed by atoms with Gasteiger partial charge in [0.05, 0.1) is 6.61 Å². The zero-order chi connectivity index (χ0) is 25.4. The maximum atomic E-state index is 12.5. The number of anilines is 2. The molecule has 1 aromatic carbocycles. The molecule has 0 spiro atoms. The van der Waals surface area contributed by atoms with Crippen LogP contribution in [0.3, 0.4) is 0 Å². The number of likely N-dealkylation sites (tertiary alicyclic amines) is 1. The topological polar surface area (TPSA) is 114 Å². The van der Waals surface area contributed by atoms with Gasteiger partial charge >= 0.3 is 11.7 Å². The van der Waals surface area contributed by atoms with E-state index in [2.05, 4.69) is 29.0 Å². The Labute approximate surface area is 205 Å². The van der Waals surface area contributed by atoms with Crippen molar-refractivity contribution in [3.05, 3.63) is 56.2 Å². The molecule has 0 saturated carbocycles. The van der Waals surface area contributed by atoms with Gasteiger partial charge in [0.1, 0.15) is 17.5 Å². The Morgan fingerprint density at radius 2 is 1.89 bits per heavy atom. The summed E-state index contributed by atoms with van der Waals surface area (Å²) in [7, 11) is 0. The normalized spacial score (nSPS) is 16.3. The number of piperidine rings is 1. The lowest BCUT2D eigenvalue weighted by atomic mass is 9.96. The van der Waals surface area contributed by atoms with Gasteiger partial charge in [0.15, 0.2) is 0 Å². The summed E-state index contributed by atoms with van der Waals surface area (Å²) in [5.74, 6) is -0.695. The van der Waals surface area contributed by atoms with E-state index in [1.165, 1.54) is 17.2 Å². The van der Waals surface area contributed by atoms with E-state index >= 15 is 0 Å². The maximum absolute atomic E-state index is 12.5. The molecule has 1 aromatic heterocycles. The second-order valence-electron chi connectivity index (χ2n) is 8.98. The summed E-state index contributed by atoms with van der Waals surface area (Å²) in [5, 5.41) is 3.24. The van der Waals surface area contributed by atoms with E-state index in [9.17, 15) is 19.2 Å². The van der Waals surface area contributed by atoms with E-state index in [1.807, 2.05) is 18.2 Å². The van der Waals surface area contributed by atoms with Gasteiger partial charge in [-0.25, -0.2) is 4.79 Å². The maximum Gasteiger partial charge on any atom is 0.329 e. The number of unbranched alkanes of at least 4 members (excludes halogenated alkanes) is 2. The fourth-order valence-corrected chi connectivity index (χ4v) is 4.45. The number of Topliss-reactive ketones (excluding diaryl/α,β-unsaturated/α-hetero) is 1. The third-order valence-electron chi connectivity index (χ3n) is 6.47. The molecule has 0 aliphatic carbocycles. The molecular formula is C26H36N4O5. The molecule has 1 unspecified atom stereocenters. The Kier molecular flexibility index (Phi) is 9.42. The second kappa shape index (κ2) is 12.5. The van der Waals surface area contributed by atoms with Gasteiger partial charge in [-0.3, -0.25) is 23.9 Å². The van der Waals surface area contributed by atoms with Gasteiger partial charge in [-0.1, -0.05) is 19.4 Å². The van der Waals surface area contributed by atoms with Crippen LogP contribution in [0.4, 0.5) is 11.5 Å². The number of benzene rings is 1. The van der Waals surface area contributed by atoms with E-state index in [0.717, 1.165) is 37.9 Å². The van der Waals surface area contributed by atoms with Crippen LogP contribution in [0.2, 0.25) is 0 Å². The molecule has 9 nitrogen and oxygen atoms in total. The smallest absolute Gasteiger partial charge is 0.329 e. The molecule has 190 valence electrons. The summed E-state index contributed by atoms with van der Waals surface area (Å²) >= 11 is 0. The van der Waals surface area contributed by atoms with E-state index in [-0.39, 0.29) is 12.4 Å². The second-order valence-corrected chi connectivity index (χ2v) is 8.98. The van der Waals surface area contributed by atoms with Gasteiger partial charge in [-0.05, 0) is 62.9 Å². The van der Waals surface area contributed by atoms with Crippen LogP contribution in [-0.2, 0) is 27.3 Å². The van der Waals surface area contributed by atoms with Crippen molar-refractivity contribution in [3.8, 4) is 0 Å². The molecule has 0 amide bonds. The number of aromatic nitrogens is 2. The minimum absolute atomic E-state index is 0.0446. The van der Waals surface area contributed by atoms with Crippen molar-refractivity contribution >= 4 is 23.3 Å². The Bertz CT molecular complexity index is 1150. The van der Waals surface area contributed by atoms with Crippen LogP contribution < -0.4 is 16.6 Å². The predicted octanol–water partition coefficient (Wildman–Crippen LogP) is 2.78. The first-order valence-electron chi connectivity index (χ1n) is 12.4. The monoisotopic (exact) mass is 484 g/mol. The van der Waals surface area contributed by atoms with E-state index < -0.39 is 23.1 Å². The zero-order valence-corrected chi connectivity index (χ0v) is 20.9. The lowest BCUT2D eigenvalue weighted by Gasteiger charge is -2.30. The molecule has 2 aromatic rings. The third-order valence-corrected chi connectivity index (χ3v) is 6.47. The highest BCUT2D eigenvalue weighted by Gasteiger charge is 2.33. The lowest BCUT2D eigenvalue weighted by molar-refractivity contribution is -0.153. The molecule has 35 heavy (non-hydrogen) atoms. The number of H-pyrrole nitrogens is 1. The number of carbonyl (C=O) groups excluding carboxylic acids is 2. The number of carbonyl (C=O) groups is 2. The molecule has 9 heteroatoms. The molecular weight excluding hydrogens is 448 g/mol. The lowest BCUT2D eigenvalue weighted by Crippen LogP contribution is -2.45. The Balaban J connectivity index is 1.55. The van der Waals surface area contributed by atoms with E-state index in [4.69, 9.17) is 4.74 Å². The van der Waals surface area contributed by atoms with Crippen molar-refractivity contribution in [2.24, 2.45) is 5.92 Å². The minimum atomic E-state index is -0.688. The number of ketones is 1. The molecule has 1 fully saturated rings. The van der Waals surface area contributed by atoms with Crippen LogP contribution in [0.15, 0.2) is 33.9 Å². The summed E-state index contributed by atoms with van der Waals surface area (Å²) in [6, 6.07) is 7.42. The van der Waals surface area contributed by atoms with E-state index in [0.29, 0.717) is 31.9 Å². The van der Waals surface area contributed by atoms with Crippen molar-refractivity contribution in [3.63, 3.8) is 0 Å². The molecule has 0 radical (unpaired) electrons. The molecule has 1 atom stereocenters. The summed E-state index contributed by atoms with van der Waals surface area (Å²) in [6.45, 7) is 8.46. The Hall–Kier alpha value is -3.20. The van der Waals surface area contributed by atoms with Crippen molar-refractivity contribution < 1.29 is 14.3 Å². The van der Waals surface area contributed by atoms with Gasteiger partial charge in [-0.2, -0.15) is 0 Å². The SMILES string of the molecule is CCOC(=O)C1CN(CCCCCn2c(Nc3ccc(C)c(CC)c3)cc(=O)[nH]c2=O)CCC1=O. The molecule has 1 aliphatic rings. The first-order valence-corrected chi connectivity index (χ1v) is 12.4. The van der Waals surface area contributed by atoms with Gasteiger partial charge in [-0.15, -0.1) is 0 Å². The Morgan fingerprint density at radius 1 is 1.11 bits per heavy atom. The molecule has 1 saturated heterocycles. The van der Waals surface area contributed by atoms with Gasteiger partial charge < -0.3 is 15.0 Å². The summed E-state index contributed by atoms with van der Waals surface area (Å²) in [4.78, 5) is 53.0. The average Bonchev–Trinajstić information content (AvgIpc) is 2.82.